The second-order valence-electron chi connectivity index (χ2n) is 4.88. The van der Waals surface area contributed by atoms with Gasteiger partial charge in [-0.2, -0.15) is 5.10 Å². The highest BCUT2D eigenvalue weighted by atomic mass is 79.9. The highest BCUT2D eigenvalue weighted by molar-refractivity contribution is 9.10. The van der Waals surface area contributed by atoms with Gasteiger partial charge >= 0.3 is 0 Å². The van der Waals surface area contributed by atoms with E-state index in [-0.39, 0.29) is 10.8 Å². The van der Waals surface area contributed by atoms with E-state index in [9.17, 15) is 8.42 Å². The molecular weight excluding hydrogens is 342 g/mol. The number of aromatic amines is 1. The summed E-state index contributed by atoms with van der Waals surface area (Å²) in [5, 5.41) is 6.79. The second kappa shape index (κ2) is 5.57. The van der Waals surface area contributed by atoms with E-state index in [4.69, 9.17) is 0 Å². The number of rotatable bonds is 4. The summed E-state index contributed by atoms with van der Waals surface area (Å²) in [6.07, 6.45) is 0. The van der Waals surface area contributed by atoms with Crippen LogP contribution in [0, 0.1) is 6.92 Å². The largest absolute Gasteiger partial charge is 0.280 e. The van der Waals surface area contributed by atoms with E-state index in [1.54, 1.807) is 31.2 Å². The molecule has 0 saturated carbocycles. The highest BCUT2D eigenvalue weighted by Gasteiger charge is 2.18. The number of H-pyrrole nitrogens is 1. The summed E-state index contributed by atoms with van der Waals surface area (Å²) in [7, 11) is -3.63. The maximum absolute atomic E-state index is 12.3. The molecule has 7 heteroatoms. The predicted octanol–water partition coefficient (Wildman–Crippen LogP) is 3.40. The Morgan fingerprint density at radius 3 is 2.55 bits per heavy atom. The fourth-order valence-corrected chi connectivity index (χ4v) is 3.49. The van der Waals surface area contributed by atoms with Gasteiger partial charge in [0, 0.05) is 16.2 Å². The number of hydrogen-bond donors (Lipinski definition) is 2. The molecule has 20 heavy (non-hydrogen) atoms. The fraction of sp³-hybridized carbons (Fsp3) is 0.308. The number of aromatic nitrogens is 2. The maximum Gasteiger partial charge on any atom is 0.263 e. The third-order valence-electron chi connectivity index (χ3n) is 2.89. The molecule has 1 heterocycles. The van der Waals surface area contributed by atoms with Crippen LogP contribution in [0.3, 0.4) is 0 Å². The standard InChI is InChI=1S/C13H16BrN3O2S/c1-8(2)11-7-13(16-15-11)17-20(18,19)12-5-4-10(14)6-9(12)3/h4-8H,1-3H3,(H2,15,16,17). The van der Waals surface area contributed by atoms with Crippen molar-refractivity contribution in [3.8, 4) is 0 Å². The Balaban J connectivity index is 2.30. The first-order valence-electron chi connectivity index (χ1n) is 6.14. The number of sulfonamides is 1. The molecule has 0 saturated heterocycles. The lowest BCUT2D eigenvalue weighted by Crippen LogP contribution is -2.14. The van der Waals surface area contributed by atoms with Crippen molar-refractivity contribution in [3.63, 3.8) is 0 Å². The molecular formula is C13H16BrN3O2S. The van der Waals surface area contributed by atoms with Gasteiger partial charge in [-0.15, -0.1) is 0 Å². The summed E-state index contributed by atoms with van der Waals surface area (Å²) < 4.78 is 28.0. The zero-order valence-corrected chi connectivity index (χ0v) is 13.8. The summed E-state index contributed by atoms with van der Waals surface area (Å²) in [6, 6.07) is 6.73. The average Bonchev–Trinajstić information content (AvgIpc) is 2.76. The first-order chi connectivity index (χ1) is 9.29. The maximum atomic E-state index is 12.3. The van der Waals surface area contributed by atoms with Crippen LogP contribution in [0.25, 0.3) is 0 Å². The van der Waals surface area contributed by atoms with E-state index >= 15 is 0 Å². The van der Waals surface area contributed by atoms with Gasteiger partial charge in [0.05, 0.1) is 4.90 Å². The van der Waals surface area contributed by atoms with Crippen molar-refractivity contribution in [3.05, 3.63) is 40.0 Å². The summed E-state index contributed by atoms with van der Waals surface area (Å²) in [5.74, 6) is 0.561. The SMILES string of the molecule is Cc1cc(Br)ccc1S(=O)(=O)Nc1cc(C(C)C)[nH]n1. The van der Waals surface area contributed by atoms with Crippen molar-refractivity contribution in [1.82, 2.24) is 10.2 Å². The van der Waals surface area contributed by atoms with E-state index < -0.39 is 10.0 Å². The van der Waals surface area contributed by atoms with Crippen molar-refractivity contribution in [2.45, 2.75) is 31.6 Å². The van der Waals surface area contributed by atoms with Crippen molar-refractivity contribution >= 4 is 31.8 Å². The Morgan fingerprint density at radius 2 is 2.00 bits per heavy atom. The minimum Gasteiger partial charge on any atom is -0.280 e. The van der Waals surface area contributed by atoms with E-state index in [2.05, 4.69) is 30.8 Å². The number of hydrogen-bond acceptors (Lipinski definition) is 3. The minimum atomic E-state index is -3.63. The normalized spacial score (nSPS) is 11.8. The number of nitrogens with one attached hydrogen (secondary N) is 2. The first kappa shape index (κ1) is 15.1. The lowest BCUT2D eigenvalue weighted by molar-refractivity contribution is 0.600. The molecule has 0 atom stereocenters. The van der Waals surface area contributed by atoms with Crippen LogP contribution in [0.15, 0.2) is 33.6 Å². The van der Waals surface area contributed by atoms with Crippen molar-refractivity contribution in [2.24, 2.45) is 0 Å². The number of anilines is 1. The quantitative estimate of drug-likeness (QED) is 0.880. The number of benzene rings is 1. The molecule has 2 rings (SSSR count). The van der Waals surface area contributed by atoms with Crippen molar-refractivity contribution in [1.29, 1.82) is 0 Å². The van der Waals surface area contributed by atoms with E-state index in [1.165, 1.54) is 0 Å². The molecule has 0 unspecified atom stereocenters. The van der Waals surface area contributed by atoms with Crippen LogP contribution in [-0.4, -0.2) is 18.6 Å². The third-order valence-corrected chi connectivity index (χ3v) is 4.89. The van der Waals surface area contributed by atoms with Gasteiger partial charge in [0.25, 0.3) is 10.0 Å². The molecule has 1 aromatic heterocycles. The second-order valence-corrected chi connectivity index (χ2v) is 7.45. The molecule has 1 aromatic carbocycles. The summed E-state index contributed by atoms with van der Waals surface area (Å²) in [5.41, 5.74) is 1.56. The van der Waals surface area contributed by atoms with Gasteiger partial charge in [0.1, 0.15) is 0 Å². The highest BCUT2D eigenvalue weighted by Crippen LogP contribution is 2.23. The van der Waals surface area contributed by atoms with Crippen LogP contribution >= 0.6 is 15.9 Å². The zero-order chi connectivity index (χ0) is 14.9. The molecule has 0 amide bonds. The molecule has 0 bridgehead atoms. The monoisotopic (exact) mass is 357 g/mol. The van der Waals surface area contributed by atoms with Gasteiger partial charge in [-0.25, -0.2) is 8.42 Å². The molecule has 0 spiro atoms. The molecule has 0 aliphatic heterocycles. The lowest BCUT2D eigenvalue weighted by atomic mass is 10.1. The van der Waals surface area contributed by atoms with Gasteiger partial charge in [-0.1, -0.05) is 29.8 Å². The summed E-state index contributed by atoms with van der Waals surface area (Å²) >= 11 is 3.32. The molecule has 2 aromatic rings. The van der Waals surface area contributed by atoms with E-state index in [1.807, 2.05) is 13.8 Å². The molecule has 5 nitrogen and oxygen atoms in total. The van der Waals surface area contributed by atoms with Gasteiger partial charge in [-0.3, -0.25) is 9.82 Å². The summed E-state index contributed by atoms with van der Waals surface area (Å²) in [4.78, 5) is 0.245. The van der Waals surface area contributed by atoms with Gasteiger partial charge in [0.2, 0.25) is 0 Å². The van der Waals surface area contributed by atoms with Gasteiger partial charge < -0.3 is 0 Å². The smallest absolute Gasteiger partial charge is 0.263 e. The van der Waals surface area contributed by atoms with Crippen molar-refractivity contribution in [2.75, 3.05) is 4.72 Å². The van der Waals surface area contributed by atoms with Gasteiger partial charge in [-0.05, 0) is 36.6 Å². The summed E-state index contributed by atoms with van der Waals surface area (Å²) in [6.45, 7) is 5.76. The molecule has 2 N–H and O–H groups in total. The minimum absolute atomic E-state index is 0.245. The van der Waals surface area contributed by atoms with Gasteiger partial charge in [0.15, 0.2) is 5.82 Å². The fourth-order valence-electron chi connectivity index (χ4n) is 1.79. The van der Waals surface area contributed by atoms with E-state index in [0.717, 1.165) is 10.2 Å². The van der Waals surface area contributed by atoms with Crippen LogP contribution in [0.1, 0.15) is 31.0 Å². The Labute approximate surface area is 127 Å². The predicted molar refractivity (Wildman–Crippen MR) is 82.4 cm³/mol. The average molecular weight is 358 g/mol. The van der Waals surface area contributed by atoms with Crippen LogP contribution in [0.4, 0.5) is 5.82 Å². The topological polar surface area (TPSA) is 74.8 Å². The third kappa shape index (κ3) is 3.21. The number of halogens is 1. The van der Waals surface area contributed by atoms with Crippen molar-refractivity contribution < 1.29 is 8.42 Å². The first-order valence-corrected chi connectivity index (χ1v) is 8.41. The molecule has 0 aliphatic carbocycles. The number of nitrogens with zero attached hydrogens (tertiary/aromatic N) is 1. The van der Waals surface area contributed by atoms with E-state index in [0.29, 0.717) is 11.4 Å². The Hall–Kier alpha value is -1.34. The lowest BCUT2D eigenvalue weighted by Gasteiger charge is -2.08. The molecule has 0 aliphatic rings. The zero-order valence-electron chi connectivity index (χ0n) is 11.4. The number of aryl methyl sites for hydroxylation is 1. The van der Waals surface area contributed by atoms with Crippen LogP contribution in [-0.2, 0) is 10.0 Å². The molecule has 108 valence electrons. The Kier molecular flexibility index (Phi) is 4.19. The Bertz CT molecular complexity index is 723. The van der Waals surface area contributed by atoms with Crippen LogP contribution in [0.5, 0.6) is 0 Å². The van der Waals surface area contributed by atoms with Crippen LogP contribution < -0.4 is 4.72 Å². The molecule has 0 fully saturated rings. The molecule has 0 radical (unpaired) electrons. The van der Waals surface area contributed by atoms with Crippen LogP contribution in [0.2, 0.25) is 0 Å². The Morgan fingerprint density at radius 1 is 1.30 bits per heavy atom.